The van der Waals surface area contributed by atoms with Crippen molar-refractivity contribution in [2.75, 3.05) is 6.61 Å². The molecule has 2 saturated carbocycles. The number of rotatable bonds is 22. The number of ether oxygens (including phenoxy) is 5. The van der Waals surface area contributed by atoms with Crippen LogP contribution in [0.15, 0.2) is 145 Å². The van der Waals surface area contributed by atoms with Crippen LogP contribution in [0.5, 0.6) is 0 Å². The van der Waals surface area contributed by atoms with Crippen molar-refractivity contribution in [2.24, 2.45) is 22.7 Å². The van der Waals surface area contributed by atoms with Gasteiger partial charge in [0, 0.05) is 30.6 Å². The van der Waals surface area contributed by atoms with E-state index in [1.54, 1.807) is 97.0 Å². The van der Waals surface area contributed by atoms with E-state index < -0.39 is 112 Å². The number of hydrogen-bond acceptors (Lipinski definition) is 13. The van der Waals surface area contributed by atoms with E-state index in [9.17, 15) is 34.5 Å². The Labute approximate surface area is 461 Å². The van der Waals surface area contributed by atoms with E-state index in [2.05, 4.69) is 66.9 Å². The van der Waals surface area contributed by atoms with E-state index in [1.165, 1.54) is 19.1 Å². The second-order valence-corrected chi connectivity index (χ2v) is 22.8. The molecule has 3 fully saturated rings. The van der Waals surface area contributed by atoms with E-state index in [-0.39, 0.29) is 42.6 Å². The number of nitrogens with one attached hydrogen (secondary N) is 1. The van der Waals surface area contributed by atoms with Crippen molar-refractivity contribution in [1.82, 2.24) is 5.32 Å². The molecule has 14 nitrogen and oxygen atoms in total. The molecule has 0 spiro atoms. The molecule has 78 heavy (non-hydrogen) atoms. The predicted molar refractivity (Wildman–Crippen MR) is 299 cm³/mol. The Morgan fingerprint density at radius 3 is 1.85 bits per heavy atom. The average molecular weight is 1070 g/mol. The number of fused-ring (bicyclic) bond motifs is 5. The fourth-order valence-electron chi connectivity index (χ4n) is 11.5. The monoisotopic (exact) mass is 1070 g/mol. The first kappa shape index (κ1) is 61.0. The summed E-state index contributed by atoms with van der Waals surface area (Å²) >= 11 is 0. The molecule has 3 aliphatic carbocycles. The molecule has 0 aromatic heterocycles. The van der Waals surface area contributed by atoms with Crippen molar-refractivity contribution in [1.29, 1.82) is 0 Å². The minimum atomic E-state index is -2.32. The summed E-state index contributed by atoms with van der Waals surface area (Å²) in [4.78, 5) is 72.4. The molecule has 2 aromatic rings. The average Bonchev–Trinajstić information content (AvgIpc) is 3.32. The van der Waals surface area contributed by atoms with Crippen LogP contribution < -0.4 is 5.32 Å². The molecule has 2 bridgehead atoms. The highest BCUT2D eigenvalue weighted by Gasteiger charge is 2.77. The molecule has 0 radical (unpaired) electrons. The number of aliphatic hydroxyl groups is 3. The predicted octanol–water partition coefficient (Wildman–Crippen LogP) is 11.0. The van der Waals surface area contributed by atoms with Gasteiger partial charge >= 0.3 is 24.0 Å². The van der Waals surface area contributed by atoms with E-state index in [0.717, 1.165) is 32.1 Å². The first-order valence-corrected chi connectivity index (χ1v) is 27.6. The van der Waals surface area contributed by atoms with Gasteiger partial charge in [-0.2, -0.15) is 0 Å². The third-order valence-corrected chi connectivity index (χ3v) is 15.9. The van der Waals surface area contributed by atoms with Crippen LogP contribution in [-0.2, 0) is 38.1 Å². The third kappa shape index (κ3) is 14.0. The van der Waals surface area contributed by atoms with E-state index >= 15 is 4.79 Å². The first-order valence-electron chi connectivity index (χ1n) is 27.6. The van der Waals surface area contributed by atoms with Gasteiger partial charge in [-0.1, -0.05) is 142 Å². The van der Waals surface area contributed by atoms with E-state index in [0.29, 0.717) is 12.0 Å². The number of carbonyl (C=O) groups is 5. The van der Waals surface area contributed by atoms with Gasteiger partial charge in [0.2, 0.25) is 0 Å². The topological polar surface area (TPSA) is 204 Å². The van der Waals surface area contributed by atoms with Gasteiger partial charge in [0.1, 0.15) is 29.0 Å². The fourth-order valence-corrected chi connectivity index (χ4v) is 11.5. The highest BCUT2D eigenvalue weighted by molar-refractivity contribution is 5.95. The van der Waals surface area contributed by atoms with Crippen molar-refractivity contribution in [3.05, 3.63) is 156 Å². The number of hydrogen-bond donors (Lipinski definition) is 4. The van der Waals surface area contributed by atoms with Crippen molar-refractivity contribution in [3.63, 3.8) is 0 Å². The molecule has 1 saturated heterocycles. The van der Waals surface area contributed by atoms with Gasteiger partial charge in [0.15, 0.2) is 11.9 Å². The number of allylic oxidation sites excluding steroid dienone is 12. The summed E-state index contributed by atoms with van der Waals surface area (Å²) in [5.74, 6) is -5.85. The van der Waals surface area contributed by atoms with Crippen LogP contribution in [0.3, 0.4) is 0 Å². The Kier molecular flexibility index (Phi) is 20.8. The van der Waals surface area contributed by atoms with Gasteiger partial charge in [-0.25, -0.2) is 9.59 Å². The van der Waals surface area contributed by atoms with Crippen molar-refractivity contribution in [2.45, 2.75) is 180 Å². The zero-order chi connectivity index (χ0) is 56.9. The number of amides is 1. The highest BCUT2D eigenvalue weighted by Crippen LogP contribution is 2.63. The normalized spacial score (nSPS) is 28.7. The van der Waals surface area contributed by atoms with Crippen LogP contribution in [0.25, 0.3) is 0 Å². The number of carbonyl (C=O) groups excluding carboxylic acids is 5. The standard InChI is InChI=1S/C64H83NO13/c1-10-11-12-13-14-15-16-17-18-19-20-21-22-23-24-25-26-27-34-39-50(67)76-53-51-43(2)47(75-57(69)44(3)52(45-35-30-28-31-36-45)65-59(71)78-60(4,5)6)41-64(73,61(51,7)8)56(77-58(70)46-37-32-29-33-38-46)54-62(9,55(53)68)48(66)40-49-63(54,72)42-74-49/h11-12,14-15,17-18,20-21,23-24,26-33,35-38,44,47-49,52-54,56,66,72-73H,10,13,16,19,22,25,34,39-42H2,1-9H3,(H,65,71)/b12-11-,15-14-,18-17-,21-20-,24-23-,27-26-. The molecule has 11 unspecified atom stereocenters. The number of aliphatic hydroxyl groups excluding tert-OH is 1. The quantitative estimate of drug-likeness (QED) is 0.0493. The summed E-state index contributed by atoms with van der Waals surface area (Å²) < 4.78 is 30.6. The lowest BCUT2D eigenvalue weighted by molar-refractivity contribution is -0.343. The maximum Gasteiger partial charge on any atom is 0.408 e. The van der Waals surface area contributed by atoms with Crippen LogP contribution in [0.2, 0.25) is 0 Å². The molecule has 11 atom stereocenters. The number of Topliss-reactive ketones (excluding diaryl/α,β-unsaturated/α-hetero) is 1. The Morgan fingerprint density at radius 1 is 0.782 bits per heavy atom. The highest BCUT2D eigenvalue weighted by atomic mass is 16.6. The summed E-state index contributed by atoms with van der Waals surface area (Å²) in [5.41, 5.74) is -7.69. The van der Waals surface area contributed by atoms with E-state index in [1.807, 2.05) is 18.2 Å². The molecular formula is C64H83NO13. The second kappa shape index (κ2) is 26.6. The summed E-state index contributed by atoms with van der Waals surface area (Å²) in [6, 6.07) is 15.9. The number of esters is 3. The lowest BCUT2D eigenvalue weighted by atomic mass is 9.44. The van der Waals surface area contributed by atoms with Crippen LogP contribution in [0.4, 0.5) is 4.79 Å². The lowest BCUT2D eigenvalue weighted by Crippen LogP contribution is -2.81. The van der Waals surface area contributed by atoms with Gasteiger partial charge in [-0.05, 0) is 115 Å². The van der Waals surface area contributed by atoms with Crippen LogP contribution in [0, 0.1) is 22.7 Å². The lowest BCUT2D eigenvalue weighted by Gasteiger charge is -2.66. The van der Waals surface area contributed by atoms with Crippen molar-refractivity contribution >= 4 is 29.8 Å². The largest absolute Gasteiger partial charge is 0.457 e. The summed E-state index contributed by atoms with van der Waals surface area (Å²) in [6.07, 6.45) is 21.6. The molecule has 1 heterocycles. The van der Waals surface area contributed by atoms with Crippen LogP contribution in [0.1, 0.15) is 148 Å². The Balaban J connectivity index is 1.29. The minimum absolute atomic E-state index is 0.0899. The summed E-state index contributed by atoms with van der Waals surface area (Å²) in [6.45, 7) is 14.9. The van der Waals surface area contributed by atoms with Gasteiger partial charge in [0.05, 0.1) is 41.8 Å². The molecule has 1 aliphatic heterocycles. The molecule has 4 N–H and O–H groups in total. The van der Waals surface area contributed by atoms with E-state index in [4.69, 9.17) is 23.7 Å². The number of benzene rings is 2. The fraction of sp³-hybridized carbons (Fsp3) is 0.516. The SMILES string of the molecule is CC/C=C\C/C=C\C/C=C\C/C=C\C/C=C\C/C=C\CCC(=O)OC1C(=O)C2(C)C(O)CC3OCC3(O)C2C(OC(=O)c2ccccc2)C2(O)CC(OC(=O)C(C)C(NC(=O)OC(C)(C)C)c3ccccc3)C(C)=C1C2(C)C. The zero-order valence-corrected chi connectivity index (χ0v) is 47.0. The maximum atomic E-state index is 15.9. The molecule has 4 aliphatic rings. The molecule has 422 valence electrons. The van der Waals surface area contributed by atoms with Gasteiger partial charge in [-0.15, -0.1) is 0 Å². The maximum absolute atomic E-state index is 15.9. The number of alkyl carbamates (subject to hydrolysis) is 1. The van der Waals surface area contributed by atoms with Crippen molar-refractivity contribution < 1.29 is 63.0 Å². The van der Waals surface area contributed by atoms with Gasteiger partial charge < -0.3 is 44.3 Å². The smallest absolute Gasteiger partial charge is 0.408 e. The Bertz CT molecular complexity index is 2620. The number of ketones is 1. The zero-order valence-electron chi connectivity index (χ0n) is 47.0. The third-order valence-electron chi connectivity index (χ3n) is 15.9. The molecule has 1 amide bonds. The van der Waals surface area contributed by atoms with Crippen LogP contribution in [-0.4, -0.2) is 99.0 Å². The molecular weight excluding hydrogens is 991 g/mol. The van der Waals surface area contributed by atoms with Crippen LogP contribution >= 0.6 is 0 Å². The Hall–Kier alpha value is -6.19. The van der Waals surface area contributed by atoms with Crippen molar-refractivity contribution in [3.8, 4) is 0 Å². The molecule has 6 rings (SSSR count). The minimum Gasteiger partial charge on any atom is -0.457 e. The second-order valence-electron chi connectivity index (χ2n) is 22.8. The van der Waals surface area contributed by atoms with Gasteiger partial charge in [0.25, 0.3) is 0 Å². The molecule has 2 aromatic carbocycles. The first-order chi connectivity index (χ1) is 37.0. The van der Waals surface area contributed by atoms with Gasteiger partial charge in [-0.3, -0.25) is 14.4 Å². The Morgan fingerprint density at radius 2 is 1.32 bits per heavy atom. The molecule has 14 heteroatoms. The summed E-state index contributed by atoms with van der Waals surface area (Å²) in [7, 11) is 0. The summed E-state index contributed by atoms with van der Waals surface area (Å²) in [5, 5.41) is 41.7.